The zero-order valence-electron chi connectivity index (χ0n) is 10.7. The van der Waals surface area contributed by atoms with Crippen LogP contribution in [0.5, 0.6) is 0 Å². The van der Waals surface area contributed by atoms with E-state index in [4.69, 9.17) is 11.5 Å². The van der Waals surface area contributed by atoms with Crippen LogP contribution in [-0.4, -0.2) is 18.4 Å². The lowest BCUT2D eigenvalue weighted by Crippen LogP contribution is -2.35. The number of amides is 2. The van der Waals surface area contributed by atoms with Crippen molar-refractivity contribution in [1.82, 2.24) is 0 Å². The number of thiophene rings is 1. The first-order valence-corrected chi connectivity index (χ1v) is 7.39. The number of hydrogen-bond donors (Lipinski definition) is 3. The predicted octanol–water partition coefficient (Wildman–Crippen LogP) is 1.55. The lowest BCUT2D eigenvalue weighted by Gasteiger charge is -2.29. The van der Waals surface area contributed by atoms with E-state index in [-0.39, 0.29) is 17.7 Å². The third-order valence-corrected chi connectivity index (χ3v) is 4.55. The molecule has 2 rings (SSSR count). The molecule has 5 N–H and O–H groups in total. The number of hydrogen-bond acceptors (Lipinski definition) is 4. The number of nitrogens with two attached hydrogens (primary N) is 2. The molecule has 2 amide bonds. The molecule has 104 valence electrons. The van der Waals surface area contributed by atoms with Crippen molar-refractivity contribution in [2.45, 2.75) is 25.7 Å². The highest BCUT2D eigenvalue weighted by Crippen LogP contribution is 2.31. The highest BCUT2D eigenvalue weighted by atomic mass is 32.1. The van der Waals surface area contributed by atoms with Crippen LogP contribution in [0.3, 0.4) is 0 Å². The standard InChI is InChI=1S/C13H19N3O2S/c14-7-8-3-1-2-4-9(8)12(18)16-13-10(11(15)17)5-6-19-13/h5-6,8-9H,1-4,7,14H2,(H2,15,17)(H,16,18). The number of anilines is 1. The molecule has 19 heavy (non-hydrogen) atoms. The first-order valence-electron chi connectivity index (χ1n) is 6.51. The van der Waals surface area contributed by atoms with E-state index < -0.39 is 5.91 Å². The fourth-order valence-corrected chi connectivity index (χ4v) is 3.43. The Morgan fingerprint density at radius 2 is 2.11 bits per heavy atom. The van der Waals surface area contributed by atoms with E-state index in [1.54, 1.807) is 11.4 Å². The van der Waals surface area contributed by atoms with Gasteiger partial charge < -0.3 is 16.8 Å². The lowest BCUT2D eigenvalue weighted by atomic mass is 9.79. The number of carbonyl (C=O) groups is 2. The Hall–Kier alpha value is -1.40. The molecular formula is C13H19N3O2S. The number of rotatable bonds is 4. The van der Waals surface area contributed by atoms with Crippen LogP contribution in [0, 0.1) is 11.8 Å². The number of primary amides is 1. The van der Waals surface area contributed by atoms with Crippen LogP contribution in [0.1, 0.15) is 36.0 Å². The average Bonchev–Trinajstić information content (AvgIpc) is 2.87. The Labute approximate surface area is 116 Å². The second-order valence-corrected chi connectivity index (χ2v) is 5.82. The molecule has 1 saturated carbocycles. The lowest BCUT2D eigenvalue weighted by molar-refractivity contribution is -0.122. The summed E-state index contributed by atoms with van der Waals surface area (Å²) in [5.41, 5.74) is 11.4. The van der Waals surface area contributed by atoms with Crippen LogP contribution in [0.4, 0.5) is 5.00 Å². The van der Waals surface area contributed by atoms with Crippen LogP contribution in [-0.2, 0) is 4.79 Å². The molecule has 5 nitrogen and oxygen atoms in total. The average molecular weight is 281 g/mol. The van der Waals surface area contributed by atoms with Crippen LogP contribution in [0.2, 0.25) is 0 Å². The molecule has 2 atom stereocenters. The molecule has 0 aliphatic heterocycles. The Bertz CT molecular complexity index is 472. The Balaban J connectivity index is 2.07. The van der Waals surface area contributed by atoms with Crippen molar-refractivity contribution in [3.05, 3.63) is 17.0 Å². The van der Waals surface area contributed by atoms with E-state index in [1.165, 1.54) is 11.3 Å². The summed E-state index contributed by atoms with van der Waals surface area (Å²) in [4.78, 5) is 23.5. The minimum absolute atomic E-state index is 0.0416. The maximum atomic E-state index is 12.3. The van der Waals surface area contributed by atoms with Gasteiger partial charge >= 0.3 is 0 Å². The first-order chi connectivity index (χ1) is 9.13. The quantitative estimate of drug-likeness (QED) is 0.781. The van der Waals surface area contributed by atoms with Crippen LogP contribution >= 0.6 is 11.3 Å². The minimum Gasteiger partial charge on any atom is -0.366 e. The van der Waals surface area contributed by atoms with Gasteiger partial charge in [-0.3, -0.25) is 9.59 Å². The van der Waals surface area contributed by atoms with Crippen molar-refractivity contribution in [3.63, 3.8) is 0 Å². The van der Waals surface area contributed by atoms with Crippen molar-refractivity contribution >= 4 is 28.2 Å². The van der Waals surface area contributed by atoms with E-state index in [0.29, 0.717) is 17.1 Å². The van der Waals surface area contributed by atoms with Gasteiger partial charge in [0.15, 0.2) is 0 Å². The van der Waals surface area contributed by atoms with Gasteiger partial charge in [0.1, 0.15) is 5.00 Å². The molecule has 0 saturated heterocycles. The summed E-state index contributed by atoms with van der Waals surface area (Å²) in [7, 11) is 0. The van der Waals surface area contributed by atoms with E-state index >= 15 is 0 Å². The van der Waals surface area contributed by atoms with Gasteiger partial charge in [-0.05, 0) is 36.8 Å². The number of carbonyl (C=O) groups excluding carboxylic acids is 2. The third kappa shape index (κ3) is 3.13. The molecule has 6 heteroatoms. The summed E-state index contributed by atoms with van der Waals surface area (Å²) in [5, 5.41) is 5.12. The minimum atomic E-state index is -0.518. The summed E-state index contributed by atoms with van der Waals surface area (Å²) in [5.74, 6) is -0.372. The van der Waals surface area contributed by atoms with Crippen molar-refractivity contribution in [2.75, 3.05) is 11.9 Å². The summed E-state index contributed by atoms with van der Waals surface area (Å²) in [6, 6.07) is 1.63. The molecule has 1 aromatic heterocycles. The smallest absolute Gasteiger partial charge is 0.251 e. The third-order valence-electron chi connectivity index (χ3n) is 3.72. The summed E-state index contributed by atoms with van der Waals surface area (Å²) < 4.78 is 0. The van der Waals surface area contributed by atoms with E-state index in [0.717, 1.165) is 25.7 Å². The zero-order chi connectivity index (χ0) is 13.8. The van der Waals surface area contributed by atoms with Crippen LogP contribution in [0.15, 0.2) is 11.4 Å². The maximum absolute atomic E-state index is 12.3. The highest BCUT2D eigenvalue weighted by molar-refractivity contribution is 7.14. The topological polar surface area (TPSA) is 98.2 Å². The monoisotopic (exact) mass is 281 g/mol. The normalized spacial score (nSPS) is 23.0. The Morgan fingerprint density at radius 3 is 2.79 bits per heavy atom. The van der Waals surface area contributed by atoms with Gasteiger partial charge in [0.05, 0.1) is 5.56 Å². The van der Waals surface area contributed by atoms with Crippen LogP contribution in [0.25, 0.3) is 0 Å². The van der Waals surface area contributed by atoms with Crippen molar-refractivity contribution < 1.29 is 9.59 Å². The summed E-state index contributed by atoms with van der Waals surface area (Å²) in [6.07, 6.45) is 4.06. The van der Waals surface area contributed by atoms with Gasteiger partial charge in [-0.1, -0.05) is 12.8 Å². The van der Waals surface area contributed by atoms with Crippen LogP contribution < -0.4 is 16.8 Å². The molecule has 1 heterocycles. The fraction of sp³-hybridized carbons (Fsp3) is 0.538. The van der Waals surface area contributed by atoms with E-state index in [9.17, 15) is 9.59 Å². The van der Waals surface area contributed by atoms with Crippen molar-refractivity contribution in [1.29, 1.82) is 0 Å². The molecule has 0 aromatic carbocycles. The molecule has 1 aliphatic rings. The molecule has 0 spiro atoms. The van der Waals surface area contributed by atoms with Gasteiger partial charge in [-0.2, -0.15) is 0 Å². The van der Waals surface area contributed by atoms with Crippen molar-refractivity contribution in [3.8, 4) is 0 Å². The predicted molar refractivity (Wildman–Crippen MR) is 76.0 cm³/mol. The Kier molecular flexibility index (Phi) is 4.55. The maximum Gasteiger partial charge on any atom is 0.251 e. The van der Waals surface area contributed by atoms with Gasteiger partial charge in [0.2, 0.25) is 5.91 Å². The molecule has 0 radical (unpaired) electrons. The van der Waals surface area contributed by atoms with Gasteiger partial charge in [0.25, 0.3) is 5.91 Å². The van der Waals surface area contributed by atoms with Crippen molar-refractivity contribution in [2.24, 2.45) is 23.3 Å². The molecule has 1 aliphatic carbocycles. The first kappa shape index (κ1) is 14.0. The largest absolute Gasteiger partial charge is 0.366 e. The number of nitrogens with one attached hydrogen (secondary N) is 1. The summed E-state index contributed by atoms with van der Waals surface area (Å²) >= 11 is 1.32. The highest BCUT2D eigenvalue weighted by Gasteiger charge is 2.30. The van der Waals surface area contributed by atoms with Gasteiger partial charge in [-0.25, -0.2) is 0 Å². The second kappa shape index (κ2) is 6.16. The van der Waals surface area contributed by atoms with E-state index in [1.807, 2.05) is 0 Å². The Morgan fingerprint density at radius 1 is 1.37 bits per heavy atom. The fourth-order valence-electron chi connectivity index (χ4n) is 2.64. The molecular weight excluding hydrogens is 262 g/mol. The molecule has 0 bridgehead atoms. The molecule has 1 fully saturated rings. The zero-order valence-corrected chi connectivity index (χ0v) is 11.5. The summed E-state index contributed by atoms with van der Waals surface area (Å²) in [6.45, 7) is 0.533. The van der Waals surface area contributed by atoms with Gasteiger partial charge in [0, 0.05) is 5.92 Å². The molecule has 2 unspecified atom stereocenters. The van der Waals surface area contributed by atoms with E-state index in [2.05, 4.69) is 5.32 Å². The van der Waals surface area contributed by atoms with Gasteiger partial charge in [-0.15, -0.1) is 11.3 Å². The SMILES string of the molecule is NCC1CCCCC1C(=O)Nc1sccc1C(N)=O. The second-order valence-electron chi connectivity index (χ2n) is 4.90. The molecule has 1 aromatic rings.